The number of methoxy groups -OCH3 is 1. The summed E-state index contributed by atoms with van der Waals surface area (Å²) in [5, 5.41) is 0.619. The highest BCUT2D eigenvalue weighted by molar-refractivity contribution is 6.30. The predicted molar refractivity (Wildman–Crippen MR) is 92.1 cm³/mol. The van der Waals surface area contributed by atoms with Gasteiger partial charge in [0.25, 0.3) is 5.91 Å². The number of amides is 1. The van der Waals surface area contributed by atoms with E-state index in [1.807, 2.05) is 0 Å². The number of esters is 1. The Kier molecular flexibility index (Phi) is 6.91. The molecule has 1 aromatic carbocycles. The normalized spacial score (nSPS) is 15.8. The Bertz CT molecular complexity index is 555. The first-order chi connectivity index (χ1) is 11.5. The second kappa shape index (κ2) is 8.92. The smallest absolute Gasteiger partial charge is 0.310 e. The summed E-state index contributed by atoms with van der Waals surface area (Å²) in [6.07, 6.45) is 4.17. The summed E-state index contributed by atoms with van der Waals surface area (Å²) in [7, 11) is 1.37. The zero-order valence-electron chi connectivity index (χ0n) is 14.2. The zero-order valence-corrected chi connectivity index (χ0v) is 14.9. The SMILES string of the molecule is COC(=O)C(C)CN(C(=O)COc1ccc(Cl)cc1)C1CCCC1. The van der Waals surface area contributed by atoms with Gasteiger partial charge in [0.15, 0.2) is 6.61 Å². The van der Waals surface area contributed by atoms with Crippen LogP contribution < -0.4 is 4.74 Å². The van der Waals surface area contributed by atoms with E-state index in [9.17, 15) is 9.59 Å². The molecule has 0 N–H and O–H groups in total. The van der Waals surface area contributed by atoms with Crippen LogP contribution in [0.3, 0.4) is 0 Å². The Morgan fingerprint density at radius 3 is 2.46 bits per heavy atom. The summed E-state index contributed by atoms with van der Waals surface area (Å²) in [6.45, 7) is 2.09. The molecule has 1 saturated carbocycles. The van der Waals surface area contributed by atoms with Gasteiger partial charge in [0.2, 0.25) is 0 Å². The lowest BCUT2D eigenvalue weighted by Crippen LogP contribution is -2.45. The summed E-state index contributed by atoms with van der Waals surface area (Å²) in [5.74, 6) is -0.160. The molecule has 0 spiro atoms. The van der Waals surface area contributed by atoms with Gasteiger partial charge < -0.3 is 14.4 Å². The lowest BCUT2D eigenvalue weighted by Gasteiger charge is -2.30. The van der Waals surface area contributed by atoms with Crippen LogP contribution >= 0.6 is 11.6 Å². The first-order valence-corrected chi connectivity index (χ1v) is 8.64. The summed E-state index contributed by atoms with van der Waals surface area (Å²) in [6, 6.07) is 7.07. The molecule has 1 amide bonds. The van der Waals surface area contributed by atoms with Crippen LogP contribution in [0.1, 0.15) is 32.6 Å². The van der Waals surface area contributed by atoms with Crippen LogP contribution in [0.4, 0.5) is 0 Å². The number of benzene rings is 1. The van der Waals surface area contributed by atoms with E-state index in [1.54, 1.807) is 36.1 Å². The summed E-state index contributed by atoms with van der Waals surface area (Å²) in [5.41, 5.74) is 0. The Morgan fingerprint density at radius 2 is 1.88 bits per heavy atom. The van der Waals surface area contributed by atoms with Gasteiger partial charge in [-0.25, -0.2) is 0 Å². The predicted octanol–water partition coefficient (Wildman–Crippen LogP) is 3.30. The zero-order chi connectivity index (χ0) is 17.5. The first-order valence-electron chi connectivity index (χ1n) is 8.27. The molecule has 1 aliphatic carbocycles. The van der Waals surface area contributed by atoms with Crippen molar-refractivity contribution in [3.05, 3.63) is 29.3 Å². The molecule has 5 nitrogen and oxygen atoms in total. The summed E-state index contributed by atoms with van der Waals surface area (Å²) in [4.78, 5) is 26.1. The number of carbonyl (C=O) groups excluding carboxylic acids is 2. The van der Waals surface area contributed by atoms with E-state index in [-0.39, 0.29) is 30.4 Å². The fourth-order valence-corrected chi connectivity index (χ4v) is 3.13. The van der Waals surface area contributed by atoms with E-state index in [0.29, 0.717) is 17.3 Å². The number of halogens is 1. The molecule has 132 valence electrons. The summed E-state index contributed by atoms with van der Waals surface area (Å²) >= 11 is 5.84. The van der Waals surface area contributed by atoms with Gasteiger partial charge in [-0.3, -0.25) is 9.59 Å². The molecule has 2 rings (SSSR count). The molecule has 0 aliphatic heterocycles. The van der Waals surface area contributed by atoms with Crippen molar-refractivity contribution in [1.29, 1.82) is 0 Å². The molecule has 1 fully saturated rings. The maximum absolute atomic E-state index is 12.6. The van der Waals surface area contributed by atoms with Crippen molar-refractivity contribution in [2.24, 2.45) is 5.92 Å². The molecule has 0 aromatic heterocycles. The second-order valence-corrected chi connectivity index (χ2v) is 6.59. The van der Waals surface area contributed by atoms with Crippen molar-refractivity contribution in [3.8, 4) is 5.75 Å². The Morgan fingerprint density at radius 1 is 1.25 bits per heavy atom. The molecule has 24 heavy (non-hydrogen) atoms. The number of nitrogens with zero attached hydrogens (tertiary/aromatic N) is 1. The molecular weight excluding hydrogens is 330 g/mol. The molecule has 0 radical (unpaired) electrons. The van der Waals surface area contributed by atoms with Crippen molar-refractivity contribution in [1.82, 2.24) is 4.90 Å². The average molecular weight is 354 g/mol. The minimum Gasteiger partial charge on any atom is -0.484 e. The largest absolute Gasteiger partial charge is 0.484 e. The molecule has 1 unspecified atom stereocenters. The first kappa shape index (κ1) is 18.6. The van der Waals surface area contributed by atoms with Gasteiger partial charge in [-0.05, 0) is 37.1 Å². The Balaban J connectivity index is 1.98. The van der Waals surface area contributed by atoms with E-state index in [1.165, 1.54) is 7.11 Å². The number of rotatable bonds is 7. The third-order valence-corrected chi connectivity index (χ3v) is 4.59. The monoisotopic (exact) mass is 353 g/mol. The van der Waals surface area contributed by atoms with Crippen molar-refractivity contribution < 1.29 is 19.1 Å². The van der Waals surface area contributed by atoms with Crippen LogP contribution in [0.5, 0.6) is 5.75 Å². The maximum atomic E-state index is 12.6. The van der Waals surface area contributed by atoms with Crippen molar-refractivity contribution in [2.75, 3.05) is 20.3 Å². The summed E-state index contributed by atoms with van der Waals surface area (Å²) < 4.78 is 10.3. The van der Waals surface area contributed by atoms with Crippen LogP contribution in [-0.4, -0.2) is 43.1 Å². The quantitative estimate of drug-likeness (QED) is 0.706. The number of ether oxygens (including phenoxy) is 2. The molecule has 6 heteroatoms. The van der Waals surface area contributed by atoms with Crippen LogP contribution in [0.15, 0.2) is 24.3 Å². The van der Waals surface area contributed by atoms with Gasteiger partial charge in [-0.2, -0.15) is 0 Å². The number of hydrogen-bond acceptors (Lipinski definition) is 4. The maximum Gasteiger partial charge on any atom is 0.310 e. The minimum atomic E-state index is -0.352. The Hall–Kier alpha value is -1.75. The third kappa shape index (κ3) is 5.13. The molecule has 1 aromatic rings. The van der Waals surface area contributed by atoms with E-state index in [4.69, 9.17) is 21.1 Å². The third-order valence-electron chi connectivity index (χ3n) is 4.34. The van der Waals surface area contributed by atoms with E-state index < -0.39 is 0 Å². The van der Waals surface area contributed by atoms with Gasteiger partial charge in [0.05, 0.1) is 13.0 Å². The Labute approximate surface area is 147 Å². The topological polar surface area (TPSA) is 55.8 Å². The minimum absolute atomic E-state index is 0.0496. The second-order valence-electron chi connectivity index (χ2n) is 6.15. The standard InChI is InChI=1S/C18H24ClNO4/c1-13(18(22)23-2)11-20(15-5-3-4-6-15)17(21)12-24-16-9-7-14(19)8-10-16/h7-10,13,15H,3-6,11-12H2,1-2H3. The fourth-order valence-electron chi connectivity index (χ4n) is 3.00. The number of carbonyl (C=O) groups is 2. The van der Waals surface area contributed by atoms with Gasteiger partial charge in [0.1, 0.15) is 5.75 Å². The van der Waals surface area contributed by atoms with E-state index in [2.05, 4.69) is 0 Å². The lowest BCUT2D eigenvalue weighted by molar-refractivity contribution is -0.147. The van der Waals surface area contributed by atoms with Crippen LogP contribution in [0, 0.1) is 5.92 Å². The van der Waals surface area contributed by atoms with Crippen molar-refractivity contribution in [2.45, 2.75) is 38.6 Å². The molecule has 0 bridgehead atoms. The highest BCUT2D eigenvalue weighted by atomic mass is 35.5. The molecule has 1 aliphatic rings. The molecule has 0 saturated heterocycles. The molecule has 0 heterocycles. The lowest BCUT2D eigenvalue weighted by atomic mass is 10.1. The van der Waals surface area contributed by atoms with Crippen LogP contribution in [0.2, 0.25) is 5.02 Å². The number of hydrogen-bond donors (Lipinski definition) is 0. The van der Waals surface area contributed by atoms with Gasteiger partial charge >= 0.3 is 5.97 Å². The molecule has 1 atom stereocenters. The van der Waals surface area contributed by atoms with Crippen molar-refractivity contribution >= 4 is 23.5 Å². The van der Waals surface area contributed by atoms with Gasteiger partial charge in [-0.15, -0.1) is 0 Å². The highest BCUT2D eigenvalue weighted by Gasteiger charge is 2.30. The highest BCUT2D eigenvalue weighted by Crippen LogP contribution is 2.25. The van der Waals surface area contributed by atoms with E-state index in [0.717, 1.165) is 25.7 Å². The van der Waals surface area contributed by atoms with Gasteiger partial charge in [0, 0.05) is 17.6 Å². The average Bonchev–Trinajstić information content (AvgIpc) is 3.12. The van der Waals surface area contributed by atoms with Crippen LogP contribution in [0.25, 0.3) is 0 Å². The van der Waals surface area contributed by atoms with Crippen molar-refractivity contribution in [3.63, 3.8) is 0 Å². The van der Waals surface area contributed by atoms with Crippen LogP contribution in [-0.2, 0) is 14.3 Å². The van der Waals surface area contributed by atoms with E-state index >= 15 is 0 Å². The molecular formula is C18H24ClNO4. The fraction of sp³-hybridized carbons (Fsp3) is 0.556. The van der Waals surface area contributed by atoms with Gasteiger partial charge in [-0.1, -0.05) is 31.4 Å².